The van der Waals surface area contributed by atoms with E-state index in [9.17, 15) is 9.59 Å². The Bertz CT molecular complexity index is 308. The second-order valence-corrected chi connectivity index (χ2v) is 6.66. The van der Waals surface area contributed by atoms with Gasteiger partial charge in [-0.1, -0.05) is 26.7 Å². The Balaban J connectivity index is 2.52. The molecule has 1 atom stereocenters. The molecular formula is C14H26N2O2S. The zero-order valence-electron chi connectivity index (χ0n) is 12.1. The van der Waals surface area contributed by atoms with Crippen molar-refractivity contribution in [2.24, 2.45) is 11.7 Å². The van der Waals surface area contributed by atoms with E-state index in [1.165, 1.54) is 24.6 Å². The van der Waals surface area contributed by atoms with Crippen LogP contribution in [0.4, 0.5) is 0 Å². The molecule has 0 saturated carbocycles. The summed E-state index contributed by atoms with van der Waals surface area (Å²) in [5.74, 6) is 1.02. The maximum Gasteiger partial charge on any atom is 0.232 e. The minimum atomic E-state index is -0.354. The zero-order chi connectivity index (χ0) is 14.3. The van der Waals surface area contributed by atoms with Crippen molar-refractivity contribution in [3.63, 3.8) is 0 Å². The lowest BCUT2D eigenvalue weighted by atomic mass is 9.99. The standard InChI is InChI=1S/C14H26N2O2S/c1-11(2)8-12-6-4-3-5-7-16(12)14(18)10-19-9-13(15)17/h11-12H,3-10H2,1-2H3,(H2,15,17). The number of rotatable bonds is 6. The van der Waals surface area contributed by atoms with Gasteiger partial charge in [0.2, 0.25) is 11.8 Å². The molecule has 1 heterocycles. The van der Waals surface area contributed by atoms with E-state index in [2.05, 4.69) is 13.8 Å². The van der Waals surface area contributed by atoms with Gasteiger partial charge in [-0.25, -0.2) is 0 Å². The topological polar surface area (TPSA) is 63.4 Å². The first-order chi connectivity index (χ1) is 9.00. The quantitative estimate of drug-likeness (QED) is 0.812. The Labute approximate surface area is 120 Å². The molecule has 1 saturated heterocycles. The normalized spacial score (nSPS) is 20.4. The highest BCUT2D eigenvalue weighted by atomic mass is 32.2. The number of likely N-dealkylation sites (tertiary alicyclic amines) is 1. The van der Waals surface area contributed by atoms with Crippen molar-refractivity contribution in [1.29, 1.82) is 0 Å². The zero-order valence-corrected chi connectivity index (χ0v) is 12.9. The van der Waals surface area contributed by atoms with E-state index in [0.717, 1.165) is 25.8 Å². The highest BCUT2D eigenvalue weighted by Crippen LogP contribution is 2.23. The Morgan fingerprint density at radius 1 is 1.26 bits per heavy atom. The lowest BCUT2D eigenvalue weighted by Gasteiger charge is -2.31. The molecule has 0 aromatic heterocycles. The number of primary amides is 1. The molecule has 0 radical (unpaired) electrons. The van der Waals surface area contributed by atoms with Crippen molar-refractivity contribution < 1.29 is 9.59 Å². The third-order valence-corrected chi connectivity index (χ3v) is 4.35. The summed E-state index contributed by atoms with van der Waals surface area (Å²) >= 11 is 1.33. The number of nitrogens with two attached hydrogens (primary N) is 1. The monoisotopic (exact) mass is 286 g/mol. The number of carbonyl (C=O) groups excluding carboxylic acids is 2. The van der Waals surface area contributed by atoms with E-state index >= 15 is 0 Å². The van der Waals surface area contributed by atoms with Gasteiger partial charge in [0.15, 0.2) is 0 Å². The largest absolute Gasteiger partial charge is 0.369 e. The van der Waals surface area contributed by atoms with Gasteiger partial charge >= 0.3 is 0 Å². The van der Waals surface area contributed by atoms with E-state index in [1.807, 2.05) is 4.90 Å². The van der Waals surface area contributed by atoms with Crippen LogP contribution in [0.1, 0.15) is 46.0 Å². The smallest absolute Gasteiger partial charge is 0.232 e. The summed E-state index contributed by atoms with van der Waals surface area (Å²) in [4.78, 5) is 25.0. The van der Waals surface area contributed by atoms with Crippen LogP contribution in [0.5, 0.6) is 0 Å². The maximum absolute atomic E-state index is 12.3. The summed E-state index contributed by atoms with van der Waals surface area (Å²) in [7, 11) is 0. The van der Waals surface area contributed by atoms with Crippen LogP contribution in [0.3, 0.4) is 0 Å². The number of carbonyl (C=O) groups is 2. The van der Waals surface area contributed by atoms with Crippen molar-refractivity contribution >= 4 is 23.6 Å². The fourth-order valence-corrected chi connectivity index (χ4v) is 3.26. The van der Waals surface area contributed by atoms with Crippen LogP contribution >= 0.6 is 11.8 Å². The van der Waals surface area contributed by atoms with E-state index in [1.54, 1.807) is 0 Å². The summed E-state index contributed by atoms with van der Waals surface area (Å²) in [5.41, 5.74) is 5.09. The molecular weight excluding hydrogens is 260 g/mol. The van der Waals surface area contributed by atoms with Gasteiger partial charge in [-0.2, -0.15) is 0 Å². The van der Waals surface area contributed by atoms with Gasteiger partial charge in [0, 0.05) is 12.6 Å². The Morgan fingerprint density at radius 2 is 2.00 bits per heavy atom. The van der Waals surface area contributed by atoms with Gasteiger partial charge in [-0.05, 0) is 25.2 Å². The Kier molecular flexibility index (Phi) is 7.28. The minimum Gasteiger partial charge on any atom is -0.369 e. The molecule has 2 N–H and O–H groups in total. The average molecular weight is 286 g/mol. The van der Waals surface area contributed by atoms with Crippen LogP contribution in [0.2, 0.25) is 0 Å². The molecule has 0 bridgehead atoms. The van der Waals surface area contributed by atoms with Crippen molar-refractivity contribution in [1.82, 2.24) is 4.90 Å². The molecule has 19 heavy (non-hydrogen) atoms. The van der Waals surface area contributed by atoms with Gasteiger partial charge in [0.05, 0.1) is 11.5 Å². The number of nitrogens with zero attached hydrogens (tertiary/aromatic N) is 1. The highest BCUT2D eigenvalue weighted by molar-refractivity contribution is 8.00. The molecule has 1 aliphatic heterocycles. The maximum atomic E-state index is 12.3. The van der Waals surface area contributed by atoms with Crippen LogP contribution < -0.4 is 5.73 Å². The molecule has 110 valence electrons. The summed E-state index contributed by atoms with van der Waals surface area (Å²) in [6.45, 7) is 5.28. The second-order valence-electron chi connectivity index (χ2n) is 5.68. The summed E-state index contributed by atoms with van der Waals surface area (Å²) < 4.78 is 0. The van der Waals surface area contributed by atoms with Crippen molar-refractivity contribution in [2.75, 3.05) is 18.1 Å². The minimum absolute atomic E-state index is 0.166. The fraction of sp³-hybridized carbons (Fsp3) is 0.857. The molecule has 1 fully saturated rings. The third-order valence-electron chi connectivity index (χ3n) is 3.41. The summed E-state index contributed by atoms with van der Waals surface area (Å²) in [5, 5.41) is 0. The molecule has 2 amide bonds. The number of thioether (sulfide) groups is 1. The molecule has 4 nitrogen and oxygen atoms in total. The predicted molar refractivity (Wildman–Crippen MR) is 79.9 cm³/mol. The molecule has 0 aromatic rings. The highest BCUT2D eigenvalue weighted by Gasteiger charge is 2.25. The molecule has 1 aliphatic rings. The van der Waals surface area contributed by atoms with Crippen molar-refractivity contribution in [3.05, 3.63) is 0 Å². The summed E-state index contributed by atoms with van der Waals surface area (Å²) in [6.07, 6.45) is 5.72. The first-order valence-corrected chi connectivity index (χ1v) is 8.31. The SMILES string of the molecule is CC(C)CC1CCCCCN1C(=O)CSCC(N)=O. The third kappa shape index (κ3) is 6.32. The van der Waals surface area contributed by atoms with Crippen LogP contribution in [0.25, 0.3) is 0 Å². The van der Waals surface area contributed by atoms with Crippen molar-refractivity contribution in [2.45, 2.75) is 52.0 Å². The average Bonchev–Trinajstić information content (AvgIpc) is 2.53. The Hall–Kier alpha value is -0.710. The molecule has 0 aromatic carbocycles. The first-order valence-electron chi connectivity index (χ1n) is 7.16. The Morgan fingerprint density at radius 3 is 2.63 bits per heavy atom. The molecule has 1 rings (SSSR count). The molecule has 0 spiro atoms. The van der Waals surface area contributed by atoms with Gasteiger partial charge in [0.1, 0.15) is 0 Å². The van der Waals surface area contributed by atoms with Crippen LogP contribution in [-0.4, -0.2) is 40.8 Å². The predicted octanol–water partition coefficient (Wildman–Crippen LogP) is 2.02. The van der Waals surface area contributed by atoms with E-state index < -0.39 is 0 Å². The number of hydrogen-bond donors (Lipinski definition) is 1. The van der Waals surface area contributed by atoms with E-state index in [4.69, 9.17) is 5.73 Å². The van der Waals surface area contributed by atoms with Gasteiger partial charge < -0.3 is 10.6 Å². The molecule has 0 aliphatic carbocycles. The fourth-order valence-electron chi connectivity index (χ4n) is 2.62. The molecule has 5 heteroatoms. The van der Waals surface area contributed by atoms with Crippen LogP contribution in [0.15, 0.2) is 0 Å². The van der Waals surface area contributed by atoms with Gasteiger partial charge in [-0.15, -0.1) is 11.8 Å². The second kappa shape index (κ2) is 8.46. The van der Waals surface area contributed by atoms with Crippen molar-refractivity contribution in [3.8, 4) is 0 Å². The van der Waals surface area contributed by atoms with Gasteiger partial charge in [0.25, 0.3) is 0 Å². The van der Waals surface area contributed by atoms with Crippen LogP contribution in [-0.2, 0) is 9.59 Å². The first kappa shape index (κ1) is 16.3. The van der Waals surface area contributed by atoms with E-state index in [0.29, 0.717) is 17.7 Å². The summed E-state index contributed by atoms with van der Waals surface area (Å²) in [6, 6.07) is 0.379. The van der Waals surface area contributed by atoms with Crippen LogP contribution in [0, 0.1) is 5.92 Å². The number of amides is 2. The lowest BCUT2D eigenvalue weighted by Crippen LogP contribution is -2.41. The van der Waals surface area contributed by atoms with Gasteiger partial charge in [-0.3, -0.25) is 9.59 Å². The number of hydrogen-bond acceptors (Lipinski definition) is 3. The lowest BCUT2D eigenvalue weighted by molar-refractivity contribution is -0.130. The molecule has 1 unspecified atom stereocenters. The van der Waals surface area contributed by atoms with E-state index in [-0.39, 0.29) is 17.6 Å².